The third-order valence-corrected chi connectivity index (χ3v) is 6.23. The fourth-order valence-electron chi connectivity index (χ4n) is 4.45. The van der Waals surface area contributed by atoms with E-state index >= 15 is 0 Å². The second-order valence-electron chi connectivity index (χ2n) is 8.50. The summed E-state index contributed by atoms with van der Waals surface area (Å²) in [6, 6.07) is 21.8. The summed E-state index contributed by atoms with van der Waals surface area (Å²) in [5, 5.41) is 11.3. The van der Waals surface area contributed by atoms with Gasteiger partial charge in [0.2, 0.25) is 0 Å². The van der Waals surface area contributed by atoms with Gasteiger partial charge in [0, 0.05) is 12.1 Å². The highest BCUT2D eigenvalue weighted by atomic mass is 16.6. The number of carbonyl (C=O) groups is 2. The van der Waals surface area contributed by atoms with Crippen LogP contribution in [-0.4, -0.2) is 41.5 Å². The van der Waals surface area contributed by atoms with Gasteiger partial charge < -0.3 is 19.5 Å². The minimum Gasteiger partial charge on any atom is -0.507 e. The van der Waals surface area contributed by atoms with Crippen molar-refractivity contribution in [3.05, 3.63) is 101 Å². The fourth-order valence-corrected chi connectivity index (χ4v) is 4.45. The van der Waals surface area contributed by atoms with Crippen LogP contribution in [0.2, 0.25) is 0 Å². The molecular weight excluding hydrogens is 430 g/mol. The van der Waals surface area contributed by atoms with Gasteiger partial charge in [0.25, 0.3) is 11.7 Å². The topological polar surface area (TPSA) is 76.1 Å². The van der Waals surface area contributed by atoms with Gasteiger partial charge in [-0.15, -0.1) is 0 Å². The maximum atomic E-state index is 13.2. The summed E-state index contributed by atoms with van der Waals surface area (Å²) in [6.07, 6.45) is 0.598. The molecule has 0 bridgehead atoms. The molecule has 1 amide bonds. The van der Waals surface area contributed by atoms with Gasteiger partial charge in [-0.1, -0.05) is 60.2 Å². The van der Waals surface area contributed by atoms with Gasteiger partial charge in [-0.25, -0.2) is 0 Å². The molecule has 1 saturated heterocycles. The number of aryl methyl sites for hydroxylation is 1. The molecule has 0 unspecified atom stereocenters. The van der Waals surface area contributed by atoms with Crippen LogP contribution in [0.1, 0.15) is 28.3 Å². The number of ether oxygens (including phenoxy) is 2. The molecule has 34 heavy (non-hydrogen) atoms. The molecule has 1 atom stereocenters. The lowest BCUT2D eigenvalue weighted by atomic mass is 9.94. The lowest BCUT2D eigenvalue weighted by Crippen LogP contribution is -2.31. The zero-order valence-corrected chi connectivity index (χ0v) is 18.9. The van der Waals surface area contributed by atoms with Gasteiger partial charge in [0.05, 0.1) is 11.6 Å². The molecule has 3 aromatic rings. The third kappa shape index (κ3) is 4.03. The minimum absolute atomic E-state index is 0.0820. The standard InChI is InChI=1S/C28H25NO5/c1-18-7-9-20(10-8-18)25-24(26(30)21-11-12-22-23(17-21)34-16-15-33-22)27(31)28(32)29(25)14-13-19-5-3-2-4-6-19/h2-12,17,25,30H,13-16H2,1H3/t25-/m1/s1. The predicted octanol–water partition coefficient (Wildman–Crippen LogP) is 4.43. The molecule has 1 fully saturated rings. The number of carbonyl (C=O) groups excluding carboxylic acids is 2. The molecule has 0 aromatic heterocycles. The number of aliphatic hydroxyl groups is 1. The lowest BCUT2D eigenvalue weighted by Gasteiger charge is -2.25. The van der Waals surface area contributed by atoms with E-state index in [4.69, 9.17) is 9.47 Å². The number of hydrogen-bond acceptors (Lipinski definition) is 5. The van der Waals surface area contributed by atoms with Gasteiger partial charge in [-0.3, -0.25) is 9.59 Å². The quantitative estimate of drug-likeness (QED) is 0.350. The molecule has 172 valence electrons. The molecule has 0 saturated carbocycles. The Bertz CT molecular complexity index is 1260. The van der Waals surface area contributed by atoms with Gasteiger partial charge in [0.15, 0.2) is 11.5 Å². The van der Waals surface area contributed by atoms with Crippen molar-refractivity contribution in [2.75, 3.05) is 19.8 Å². The second-order valence-corrected chi connectivity index (χ2v) is 8.50. The van der Waals surface area contributed by atoms with Crippen LogP contribution in [0.25, 0.3) is 5.76 Å². The third-order valence-electron chi connectivity index (χ3n) is 6.23. The molecule has 0 radical (unpaired) electrons. The van der Waals surface area contributed by atoms with Crippen LogP contribution in [-0.2, 0) is 16.0 Å². The zero-order chi connectivity index (χ0) is 23.7. The van der Waals surface area contributed by atoms with Crippen LogP contribution in [0.3, 0.4) is 0 Å². The maximum absolute atomic E-state index is 13.2. The SMILES string of the molecule is Cc1ccc([C@@H]2C(=C(O)c3ccc4c(c3)OCCO4)C(=O)C(=O)N2CCc2ccccc2)cc1. The highest BCUT2D eigenvalue weighted by molar-refractivity contribution is 6.46. The highest BCUT2D eigenvalue weighted by Crippen LogP contribution is 2.41. The molecule has 2 heterocycles. The Labute approximate surface area is 198 Å². The van der Waals surface area contributed by atoms with Crippen molar-refractivity contribution in [2.24, 2.45) is 0 Å². The number of Topliss-reactive ketones (excluding diaryl/α,β-unsaturated/α-hetero) is 1. The van der Waals surface area contributed by atoms with Crippen molar-refractivity contribution in [2.45, 2.75) is 19.4 Å². The van der Waals surface area contributed by atoms with Crippen LogP contribution in [0.5, 0.6) is 11.5 Å². The van der Waals surface area contributed by atoms with Crippen LogP contribution >= 0.6 is 0 Å². The number of benzene rings is 3. The summed E-state index contributed by atoms with van der Waals surface area (Å²) >= 11 is 0. The monoisotopic (exact) mass is 455 g/mol. The zero-order valence-electron chi connectivity index (χ0n) is 18.9. The van der Waals surface area contributed by atoms with Crippen molar-refractivity contribution in [3.63, 3.8) is 0 Å². The smallest absolute Gasteiger partial charge is 0.295 e. The van der Waals surface area contributed by atoms with Crippen LogP contribution in [0, 0.1) is 6.92 Å². The highest BCUT2D eigenvalue weighted by Gasteiger charge is 2.45. The molecule has 2 aliphatic rings. The van der Waals surface area contributed by atoms with Gasteiger partial charge in [-0.05, 0) is 42.7 Å². The number of amides is 1. The van der Waals surface area contributed by atoms with E-state index in [0.29, 0.717) is 43.2 Å². The van der Waals surface area contributed by atoms with Crippen molar-refractivity contribution in [1.82, 2.24) is 4.90 Å². The molecule has 6 heteroatoms. The molecule has 3 aromatic carbocycles. The average molecular weight is 456 g/mol. The lowest BCUT2D eigenvalue weighted by molar-refractivity contribution is -0.139. The van der Waals surface area contributed by atoms with Gasteiger partial charge in [-0.2, -0.15) is 0 Å². The first kappa shape index (κ1) is 21.8. The van der Waals surface area contributed by atoms with E-state index in [0.717, 1.165) is 16.7 Å². The number of fused-ring (bicyclic) bond motifs is 1. The van der Waals surface area contributed by atoms with E-state index in [2.05, 4.69) is 0 Å². The first-order valence-corrected chi connectivity index (χ1v) is 11.3. The molecular formula is C28H25NO5. The first-order valence-electron chi connectivity index (χ1n) is 11.3. The number of rotatable bonds is 5. The first-order chi connectivity index (χ1) is 16.5. The minimum atomic E-state index is -0.689. The number of ketones is 1. The van der Waals surface area contributed by atoms with Gasteiger partial charge in [0.1, 0.15) is 19.0 Å². The van der Waals surface area contributed by atoms with Crippen molar-refractivity contribution >= 4 is 17.4 Å². The Morgan fingerprint density at radius 1 is 0.941 bits per heavy atom. The summed E-state index contributed by atoms with van der Waals surface area (Å²) in [4.78, 5) is 27.9. The summed E-state index contributed by atoms with van der Waals surface area (Å²) < 4.78 is 11.2. The summed E-state index contributed by atoms with van der Waals surface area (Å²) in [5.41, 5.74) is 3.40. The molecule has 0 aliphatic carbocycles. The summed E-state index contributed by atoms with van der Waals surface area (Å²) in [5.74, 6) is -0.434. The van der Waals surface area contributed by atoms with E-state index in [9.17, 15) is 14.7 Å². The second kappa shape index (κ2) is 9.06. The summed E-state index contributed by atoms with van der Waals surface area (Å²) in [7, 11) is 0. The molecule has 5 rings (SSSR count). The number of nitrogens with zero attached hydrogens (tertiary/aromatic N) is 1. The fraction of sp³-hybridized carbons (Fsp3) is 0.214. The Hall–Kier alpha value is -4.06. The van der Waals surface area contributed by atoms with Crippen molar-refractivity contribution < 1.29 is 24.2 Å². The van der Waals surface area contributed by atoms with E-state index < -0.39 is 17.7 Å². The number of likely N-dealkylation sites (tertiary alicyclic amines) is 1. The van der Waals surface area contributed by atoms with Crippen molar-refractivity contribution in [1.29, 1.82) is 0 Å². The number of hydrogen-bond donors (Lipinski definition) is 1. The predicted molar refractivity (Wildman–Crippen MR) is 128 cm³/mol. The van der Waals surface area contributed by atoms with Gasteiger partial charge >= 0.3 is 0 Å². The maximum Gasteiger partial charge on any atom is 0.295 e. The Balaban J connectivity index is 1.57. The van der Waals surface area contributed by atoms with E-state index in [1.165, 1.54) is 0 Å². The van der Waals surface area contributed by atoms with Crippen LogP contribution in [0.4, 0.5) is 0 Å². The molecule has 2 aliphatic heterocycles. The van der Waals surface area contributed by atoms with Crippen LogP contribution in [0.15, 0.2) is 78.4 Å². The van der Waals surface area contributed by atoms with Crippen molar-refractivity contribution in [3.8, 4) is 11.5 Å². The Kier molecular flexibility index (Phi) is 5.80. The Morgan fingerprint density at radius 3 is 2.38 bits per heavy atom. The summed E-state index contributed by atoms with van der Waals surface area (Å²) in [6.45, 7) is 3.19. The van der Waals surface area contributed by atoms with E-state index in [1.807, 2.05) is 61.5 Å². The normalized spacial score (nSPS) is 18.9. The van der Waals surface area contributed by atoms with E-state index in [1.54, 1.807) is 23.1 Å². The molecule has 6 nitrogen and oxygen atoms in total. The van der Waals surface area contributed by atoms with Crippen LogP contribution < -0.4 is 9.47 Å². The largest absolute Gasteiger partial charge is 0.507 e. The van der Waals surface area contributed by atoms with E-state index in [-0.39, 0.29) is 11.3 Å². The molecule has 0 spiro atoms. The Morgan fingerprint density at radius 2 is 1.65 bits per heavy atom. The average Bonchev–Trinajstić information content (AvgIpc) is 3.12. The number of aliphatic hydroxyl groups excluding tert-OH is 1. The molecule has 1 N–H and O–H groups in total.